The number of carbonyl (C=O) groups excluding carboxylic acids is 3. The predicted octanol–water partition coefficient (Wildman–Crippen LogP) is 3.47. The molecule has 0 fully saturated rings. The molecule has 9 nitrogen and oxygen atoms in total. The second-order valence-corrected chi connectivity index (χ2v) is 11.6. The van der Waals surface area contributed by atoms with Crippen LogP contribution in [0.4, 0.5) is 4.39 Å². The summed E-state index contributed by atoms with van der Waals surface area (Å²) in [4.78, 5) is 40.0. The third-order valence-electron chi connectivity index (χ3n) is 7.55. The van der Waals surface area contributed by atoms with Gasteiger partial charge in [-0.05, 0) is 71.3 Å². The van der Waals surface area contributed by atoms with E-state index in [0.717, 1.165) is 29.7 Å². The van der Waals surface area contributed by atoms with E-state index >= 15 is 0 Å². The fourth-order valence-electron chi connectivity index (χ4n) is 5.42. The van der Waals surface area contributed by atoms with Crippen LogP contribution >= 0.6 is 0 Å². The monoisotopic (exact) mass is 634 g/mol. The summed E-state index contributed by atoms with van der Waals surface area (Å²) in [6, 6.07) is 18.2. The summed E-state index contributed by atoms with van der Waals surface area (Å²) < 4.78 is 18.8. The van der Waals surface area contributed by atoms with Crippen molar-refractivity contribution in [2.75, 3.05) is 26.7 Å². The molecule has 0 radical (unpaired) electrons. The van der Waals surface area contributed by atoms with Gasteiger partial charge in [-0.2, -0.15) is 0 Å². The highest BCUT2D eigenvalue weighted by molar-refractivity contribution is 5.81. The Kier molecular flexibility index (Phi) is 14.7. The van der Waals surface area contributed by atoms with Crippen molar-refractivity contribution in [2.45, 2.75) is 71.1 Å². The molecule has 46 heavy (non-hydrogen) atoms. The summed E-state index contributed by atoms with van der Waals surface area (Å²) >= 11 is 0. The van der Waals surface area contributed by atoms with Crippen molar-refractivity contribution in [3.05, 3.63) is 100 Å². The first-order valence-corrected chi connectivity index (χ1v) is 15.8. The number of aliphatic hydroxyl groups is 1. The van der Waals surface area contributed by atoms with Crippen LogP contribution in [-0.4, -0.2) is 66.6 Å². The van der Waals surface area contributed by atoms with E-state index in [1.54, 1.807) is 37.4 Å². The number of primary amides is 1. The molecule has 3 aromatic rings. The number of benzene rings is 3. The lowest BCUT2D eigenvalue weighted by Crippen LogP contribution is -2.49. The molecule has 5 N–H and O–H groups in total. The number of hydrogen-bond acceptors (Lipinski definition) is 6. The van der Waals surface area contributed by atoms with Crippen LogP contribution in [0.25, 0.3) is 0 Å². The molecule has 3 amide bonds. The van der Waals surface area contributed by atoms with E-state index in [2.05, 4.69) is 10.6 Å². The van der Waals surface area contributed by atoms with E-state index in [0.29, 0.717) is 36.3 Å². The van der Waals surface area contributed by atoms with Crippen LogP contribution in [0.3, 0.4) is 0 Å². The minimum Gasteiger partial charge on any atom is -0.497 e. The average Bonchev–Trinajstić information content (AvgIpc) is 3.01. The SMILES string of the molecule is CCCN(CCC)C(=O)Cc1cc(CC(N)=O)cc(CC(=O)N[C@@H](Cc2ccc(F)cc2)[C@H](O)CNCc2cccc(OC)c2)c1. The first-order valence-electron chi connectivity index (χ1n) is 15.8. The molecule has 0 bridgehead atoms. The van der Waals surface area contributed by atoms with Crippen LogP contribution in [0.2, 0.25) is 0 Å². The number of rotatable bonds is 19. The number of aliphatic hydroxyl groups excluding tert-OH is 1. The van der Waals surface area contributed by atoms with Crippen molar-refractivity contribution in [2.24, 2.45) is 5.73 Å². The van der Waals surface area contributed by atoms with Crippen LogP contribution in [-0.2, 0) is 46.6 Å². The fourth-order valence-corrected chi connectivity index (χ4v) is 5.42. The molecule has 0 aromatic heterocycles. The number of amides is 3. The maximum absolute atomic E-state index is 13.6. The van der Waals surface area contributed by atoms with E-state index in [4.69, 9.17) is 10.5 Å². The second-order valence-electron chi connectivity index (χ2n) is 11.6. The van der Waals surface area contributed by atoms with Crippen molar-refractivity contribution in [3.63, 3.8) is 0 Å². The van der Waals surface area contributed by atoms with Gasteiger partial charge in [0, 0.05) is 26.2 Å². The molecule has 3 aromatic carbocycles. The number of hydrogen-bond donors (Lipinski definition) is 4. The Bertz CT molecular complexity index is 1430. The highest BCUT2D eigenvalue weighted by Crippen LogP contribution is 2.16. The Labute approximate surface area is 271 Å². The summed E-state index contributed by atoms with van der Waals surface area (Å²) in [5.74, 6) is -0.512. The van der Waals surface area contributed by atoms with Gasteiger partial charge in [0.1, 0.15) is 11.6 Å². The van der Waals surface area contributed by atoms with Gasteiger partial charge in [0.15, 0.2) is 0 Å². The normalized spacial score (nSPS) is 12.3. The van der Waals surface area contributed by atoms with Crippen molar-refractivity contribution < 1.29 is 28.6 Å². The van der Waals surface area contributed by atoms with E-state index in [1.807, 2.05) is 43.0 Å². The van der Waals surface area contributed by atoms with Gasteiger partial charge < -0.3 is 31.1 Å². The Morgan fingerprint density at radius 2 is 1.50 bits per heavy atom. The van der Waals surface area contributed by atoms with Gasteiger partial charge in [0.25, 0.3) is 0 Å². The lowest BCUT2D eigenvalue weighted by atomic mass is 9.98. The topological polar surface area (TPSA) is 134 Å². The molecule has 0 saturated carbocycles. The lowest BCUT2D eigenvalue weighted by molar-refractivity contribution is -0.130. The van der Waals surface area contributed by atoms with E-state index in [1.165, 1.54) is 12.1 Å². The quantitative estimate of drug-likeness (QED) is 0.160. The Morgan fingerprint density at radius 1 is 0.870 bits per heavy atom. The van der Waals surface area contributed by atoms with Crippen LogP contribution in [0, 0.1) is 5.82 Å². The summed E-state index contributed by atoms with van der Waals surface area (Å²) in [6.45, 7) is 6.04. The van der Waals surface area contributed by atoms with Crippen LogP contribution < -0.4 is 21.1 Å². The largest absolute Gasteiger partial charge is 0.497 e. The number of nitrogens with zero attached hydrogens (tertiary/aromatic N) is 1. The third kappa shape index (κ3) is 12.3. The fraction of sp³-hybridized carbons (Fsp3) is 0.417. The van der Waals surface area contributed by atoms with Crippen LogP contribution in [0.1, 0.15) is 54.5 Å². The summed E-state index contributed by atoms with van der Waals surface area (Å²) in [6.07, 6.45) is 1.10. The molecule has 0 saturated heterocycles. The van der Waals surface area contributed by atoms with Gasteiger partial charge in [-0.25, -0.2) is 4.39 Å². The lowest BCUT2D eigenvalue weighted by Gasteiger charge is -2.25. The Balaban J connectivity index is 1.75. The highest BCUT2D eigenvalue weighted by Gasteiger charge is 2.23. The Hall–Kier alpha value is -4.28. The highest BCUT2D eigenvalue weighted by atomic mass is 19.1. The first kappa shape index (κ1) is 36.2. The Morgan fingerprint density at radius 3 is 2.11 bits per heavy atom. The first-order chi connectivity index (χ1) is 22.1. The van der Waals surface area contributed by atoms with Crippen molar-refractivity contribution in [1.82, 2.24) is 15.5 Å². The molecule has 0 heterocycles. The molecule has 0 aliphatic carbocycles. The van der Waals surface area contributed by atoms with Gasteiger partial charge in [-0.15, -0.1) is 0 Å². The average molecular weight is 635 g/mol. The maximum atomic E-state index is 13.6. The molecule has 10 heteroatoms. The minimum absolute atomic E-state index is 0.0146. The molecule has 2 atom stereocenters. The maximum Gasteiger partial charge on any atom is 0.226 e. The zero-order chi connectivity index (χ0) is 33.5. The minimum atomic E-state index is -0.961. The second kappa shape index (κ2) is 18.6. The molecule has 0 unspecified atom stereocenters. The van der Waals surface area contributed by atoms with Crippen molar-refractivity contribution >= 4 is 17.7 Å². The van der Waals surface area contributed by atoms with Gasteiger partial charge in [-0.1, -0.05) is 56.3 Å². The van der Waals surface area contributed by atoms with Crippen LogP contribution in [0.5, 0.6) is 5.75 Å². The summed E-state index contributed by atoms with van der Waals surface area (Å²) in [5, 5.41) is 17.4. The molecule has 3 rings (SSSR count). The summed E-state index contributed by atoms with van der Waals surface area (Å²) in [5.41, 5.74) is 9.16. The number of ether oxygens (including phenoxy) is 1. The van der Waals surface area contributed by atoms with Gasteiger partial charge in [0.2, 0.25) is 17.7 Å². The molecule has 0 aliphatic heterocycles. The predicted molar refractivity (Wildman–Crippen MR) is 177 cm³/mol. The van der Waals surface area contributed by atoms with Crippen molar-refractivity contribution in [1.29, 1.82) is 0 Å². The zero-order valence-corrected chi connectivity index (χ0v) is 27.1. The standard InChI is InChI=1S/C36H47FN4O5/c1-4-13-41(14-5-2)36(45)22-29-16-27(20-34(38)43)15-28(17-29)21-35(44)40-32(19-25-9-11-30(37)12-10-25)33(42)24-39-23-26-7-6-8-31(18-26)46-3/h6-12,15-18,32-33,39,42H,4-5,13-14,19-24H2,1-3H3,(H2,38,43)(H,40,44)/t32-,33+/m0/s1. The molecular weight excluding hydrogens is 587 g/mol. The van der Waals surface area contributed by atoms with Gasteiger partial charge in [-0.3, -0.25) is 14.4 Å². The van der Waals surface area contributed by atoms with Crippen LogP contribution in [0.15, 0.2) is 66.7 Å². The van der Waals surface area contributed by atoms with Gasteiger partial charge >= 0.3 is 0 Å². The molecule has 0 aliphatic rings. The number of nitrogens with one attached hydrogen (secondary N) is 2. The van der Waals surface area contributed by atoms with E-state index in [-0.39, 0.29) is 49.9 Å². The molecular formula is C36H47FN4O5. The molecule has 0 spiro atoms. The van der Waals surface area contributed by atoms with Gasteiger partial charge in [0.05, 0.1) is 38.5 Å². The number of nitrogens with two attached hydrogens (primary N) is 1. The van der Waals surface area contributed by atoms with E-state index in [9.17, 15) is 23.9 Å². The number of methoxy groups -OCH3 is 1. The molecule has 248 valence electrons. The summed E-state index contributed by atoms with van der Waals surface area (Å²) in [7, 11) is 1.60. The number of carbonyl (C=O) groups is 3. The zero-order valence-electron chi connectivity index (χ0n) is 27.1. The number of halogens is 1. The van der Waals surface area contributed by atoms with E-state index < -0.39 is 18.1 Å². The van der Waals surface area contributed by atoms with Crippen molar-refractivity contribution in [3.8, 4) is 5.75 Å². The smallest absolute Gasteiger partial charge is 0.226 e. The third-order valence-corrected chi connectivity index (χ3v) is 7.55.